The molecule has 2 unspecified atom stereocenters. The molecule has 0 amide bonds. The van der Waals surface area contributed by atoms with Crippen LogP contribution in [0.3, 0.4) is 0 Å². The van der Waals surface area contributed by atoms with Crippen molar-refractivity contribution >= 4 is 0 Å². The van der Waals surface area contributed by atoms with E-state index in [2.05, 4.69) is 84.7 Å². The molecule has 3 atom stereocenters. The summed E-state index contributed by atoms with van der Waals surface area (Å²) in [6.07, 6.45) is 1.29. The first-order chi connectivity index (χ1) is 11.2. The van der Waals surface area contributed by atoms with Crippen molar-refractivity contribution in [2.45, 2.75) is 38.9 Å². The fourth-order valence-electron chi connectivity index (χ4n) is 3.62. The van der Waals surface area contributed by atoms with E-state index in [0.29, 0.717) is 12.1 Å². The third-order valence-electron chi connectivity index (χ3n) is 5.08. The molecular formula is C21H28N2. The zero-order chi connectivity index (χ0) is 16.1. The molecule has 0 aliphatic carbocycles. The van der Waals surface area contributed by atoms with Gasteiger partial charge in [0.15, 0.2) is 0 Å². The second-order valence-corrected chi connectivity index (χ2v) is 6.86. The predicted octanol–water partition coefficient (Wildman–Crippen LogP) is 4.25. The first-order valence-corrected chi connectivity index (χ1v) is 8.79. The van der Waals surface area contributed by atoms with Gasteiger partial charge in [-0.1, -0.05) is 60.7 Å². The lowest BCUT2D eigenvalue weighted by atomic mass is 9.98. The highest BCUT2D eigenvalue weighted by molar-refractivity contribution is 5.18. The maximum absolute atomic E-state index is 3.80. The van der Waals surface area contributed by atoms with Crippen LogP contribution in [0.25, 0.3) is 0 Å². The number of hydrogen-bond acceptors (Lipinski definition) is 2. The number of likely N-dealkylation sites (tertiary alicyclic amines) is 1. The van der Waals surface area contributed by atoms with Crippen LogP contribution in [0, 0.1) is 5.92 Å². The van der Waals surface area contributed by atoms with E-state index in [9.17, 15) is 0 Å². The summed E-state index contributed by atoms with van der Waals surface area (Å²) in [6, 6.07) is 22.5. The minimum atomic E-state index is 0.411. The van der Waals surface area contributed by atoms with Crippen LogP contribution < -0.4 is 5.32 Å². The summed E-state index contributed by atoms with van der Waals surface area (Å²) in [5.74, 6) is 0.741. The van der Waals surface area contributed by atoms with E-state index in [1.54, 1.807) is 0 Å². The molecule has 2 nitrogen and oxygen atoms in total. The number of nitrogens with zero attached hydrogens (tertiary/aromatic N) is 1. The van der Waals surface area contributed by atoms with Crippen molar-refractivity contribution in [1.82, 2.24) is 10.2 Å². The highest BCUT2D eigenvalue weighted by Crippen LogP contribution is 2.23. The van der Waals surface area contributed by atoms with Gasteiger partial charge in [-0.05, 0) is 43.9 Å². The summed E-state index contributed by atoms with van der Waals surface area (Å²) in [5.41, 5.74) is 2.80. The largest absolute Gasteiger partial charge is 0.307 e. The van der Waals surface area contributed by atoms with Gasteiger partial charge in [0.25, 0.3) is 0 Å². The molecular weight excluding hydrogens is 280 g/mol. The SMILES string of the molecule is CC(NC(C)[C@@H]1CCN(Cc2ccccc2)C1)c1ccccc1. The molecule has 23 heavy (non-hydrogen) atoms. The quantitative estimate of drug-likeness (QED) is 0.858. The van der Waals surface area contributed by atoms with Gasteiger partial charge < -0.3 is 5.32 Å². The molecule has 0 radical (unpaired) electrons. The average Bonchev–Trinajstić information content (AvgIpc) is 3.05. The van der Waals surface area contributed by atoms with Crippen molar-refractivity contribution in [1.29, 1.82) is 0 Å². The highest BCUT2D eigenvalue weighted by Gasteiger charge is 2.27. The van der Waals surface area contributed by atoms with Gasteiger partial charge in [-0.3, -0.25) is 4.90 Å². The van der Waals surface area contributed by atoms with Gasteiger partial charge in [0.2, 0.25) is 0 Å². The molecule has 1 aliphatic heterocycles. The normalized spacial score (nSPS) is 21.2. The van der Waals surface area contributed by atoms with E-state index in [1.165, 1.54) is 30.6 Å². The average molecular weight is 308 g/mol. The Hall–Kier alpha value is -1.64. The topological polar surface area (TPSA) is 15.3 Å². The summed E-state index contributed by atoms with van der Waals surface area (Å²) in [7, 11) is 0. The Labute approximate surface area is 140 Å². The van der Waals surface area contributed by atoms with E-state index in [1.807, 2.05) is 0 Å². The summed E-state index contributed by atoms with van der Waals surface area (Å²) < 4.78 is 0. The van der Waals surface area contributed by atoms with E-state index in [4.69, 9.17) is 0 Å². The van der Waals surface area contributed by atoms with Gasteiger partial charge in [-0.25, -0.2) is 0 Å². The molecule has 1 heterocycles. The number of benzene rings is 2. The lowest BCUT2D eigenvalue weighted by Gasteiger charge is -2.25. The minimum Gasteiger partial charge on any atom is -0.307 e. The molecule has 0 spiro atoms. The van der Waals surface area contributed by atoms with Crippen molar-refractivity contribution in [2.75, 3.05) is 13.1 Å². The Bertz CT molecular complexity index is 581. The Balaban J connectivity index is 1.50. The van der Waals surface area contributed by atoms with Crippen molar-refractivity contribution in [3.63, 3.8) is 0 Å². The highest BCUT2D eigenvalue weighted by atomic mass is 15.2. The van der Waals surface area contributed by atoms with Crippen LogP contribution in [0.5, 0.6) is 0 Å². The monoisotopic (exact) mass is 308 g/mol. The summed E-state index contributed by atoms with van der Waals surface area (Å²) in [4.78, 5) is 2.59. The Morgan fingerprint density at radius 2 is 1.65 bits per heavy atom. The maximum Gasteiger partial charge on any atom is 0.0294 e. The molecule has 1 fully saturated rings. The maximum atomic E-state index is 3.80. The van der Waals surface area contributed by atoms with Gasteiger partial charge >= 0.3 is 0 Å². The molecule has 1 saturated heterocycles. The van der Waals surface area contributed by atoms with E-state index >= 15 is 0 Å². The lowest BCUT2D eigenvalue weighted by Crippen LogP contribution is -2.36. The van der Waals surface area contributed by atoms with Crippen LogP contribution in [0.2, 0.25) is 0 Å². The van der Waals surface area contributed by atoms with Gasteiger partial charge in [0.1, 0.15) is 0 Å². The van der Waals surface area contributed by atoms with Crippen LogP contribution in [-0.2, 0) is 6.54 Å². The van der Waals surface area contributed by atoms with Gasteiger partial charge in [0, 0.05) is 25.2 Å². The van der Waals surface area contributed by atoms with Crippen molar-refractivity contribution in [3.8, 4) is 0 Å². The zero-order valence-corrected chi connectivity index (χ0v) is 14.3. The Morgan fingerprint density at radius 3 is 2.35 bits per heavy atom. The smallest absolute Gasteiger partial charge is 0.0294 e. The van der Waals surface area contributed by atoms with E-state index in [0.717, 1.165) is 12.5 Å². The molecule has 0 aromatic heterocycles. The Kier molecular flexibility index (Phi) is 5.47. The van der Waals surface area contributed by atoms with Crippen molar-refractivity contribution in [3.05, 3.63) is 71.8 Å². The van der Waals surface area contributed by atoms with E-state index < -0.39 is 0 Å². The molecule has 2 aromatic carbocycles. The number of rotatable bonds is 6. The second kappa shape index (κ2) is 7.76. The summed E-state index contributed by atoms with van der Waals surface area (Å²) in [5, 5.41) is 3.80. The molecule has 0 saturated carbocycles. The molecule has 0 bridgehead atoms. The van der Waals surface area contributed by atoms with E-state index in [-0.39, 0.29) is 0 Å². The third-order valence-corrected chi connectivity index (χ3v) is 5.08. The van der Waals surface area contributed by atoms with Crippen molar-refractivity contribution < 1.29 is 0 Å². The van der Waals surface area contributed by atoms with Gasteiger partial charge in [-0.2, -0.15) is 0 Å². The minimum absolute atomic E-state index is 0.411. The fourth-order valence-corrected chi connectivity index (χ4v) is 3.62. The first kappa shape index (κ1) is 16.2. The number of nitrogens with one attached hydrogen (secondary N) is 1. The summed E-state index contributed by atoms with van der Waals surface area (Å²) in [6.45, 7) is 8.10. The first-order valence-electron chi connectivity index (χ1n) is 8.79. The molecule has 2 heteroatoms. The zero-order valence-electron chi connectivity index (χ0n) is 14.3. The van der Waals surface area contributed by atoms with Crippen LogP contribution in [-0.4, -0.2) is 24.0 Å². The molecule has 1 N–H and O–H groups in total. The predicted molar refractivity (Wildman–Crippen MR) is 97.3 cm³/mol. The van der Waals surface area contributed by atoms with Gasteiger partial charge in [0.05, 0.1) is 0 Å². The second-order valence-electron chi connectivity index (χ2n) is 6.86. The standard InChI is InChI=1S/C21H28N2/c1-17(20-11-7-4-8-12-20)22-18(2)21-13-14-23(16-21)15-19-9-5-3-6-10-19/h3-12,17-18,21-22H,13-16H2,1-2H3/t17?,18?,21-/m1/s1. The fraction of sp³-hybridized carbons (Fsp3) is 0.429. The van der Waals surface area contributed by atoms with Crippen LogP contribution in [0.1, 0.15) is 37.4 Å². The Morgan fingerprint density at radius 1 is 1.00 bits per heavy atom. The molecule has 1 aliphatic rings. The van der Waals surface area contributed by atoms with Gasteiger partial charge in [-0.15, -0.1) is 0 Å². The third kappa shape index (κ3) is 4.43. The number of hydrogen-bond donors (Lipinski definition) is 1. The molecule has 3 rings (SSSR count). The molecule has 122 valence electrons. The van der Waals surface area contributed by atoms with Crippen molar-refractivity contribution in [2.24, 2.45) is 5.92 Å². The van der Waals surface area contributed by atoms with Crippen LogP contribution >= 0.6 is 0 Å². The molecule has 2 aromatic rings. The lowest BCUT2D eigenvalue weighted by molar-refractivity contribution is 0.290. The van der Waals surface area contributed by atoms with Crippen LogP contribution in [0.15, 0.2) is 60.7 Å². The summed E-state index contributed by atoms with van der Waals surface area (Å²) >= 11 is 0. The van der Waals surface area contributed by atoms with Crippen LogP contribution in [0.4, 0.5) is 0 Å².